The normalized spacial score (nSPS) is 16.8. The van der Waals surface area contributed by atoms with Crippen molar-refractivity contribution in [2.75, 3.05) is 14.2 Å². The number of Topliss-reactive ketones (excluding diaryl/α,β-unsaturated/α-hetero) is 1. The molecule has 0 spiro atoms. The molecule has 1 heterocycles. The maximum Gasteiger partial charge on any atom is 0.295 e. The summed E-state index contributed by atoms with van der Waals surface area (Å²) < 4.78 is 30.4. The third-order valence-electron chi connectivity index (χ3n) is 6.01. The Bertz CT molecular complexity index is 1350. The number of methoxy groups -OCH3 is 2. The molecule has 1 unspecified atom stereocenters. The van der Waals surface area contributed by atoms with E-state index in [0.717, 1.165) is 11.6 Å². The summed E-state index contributed by atoms with van der Waals surface area (Å²) in [5, 5.41) is 11.3. The summed E-state index contributed by atoms with van der Waals surface area (Å²) in [5.74, 6) is -1.42. The number of carbonyl (C=O) groups excluding carboxylic acids is 2. The lowest BCUT2D eigenvalue weighted by atomic mass is 9.94. The molecule has 1 fully saturated rings. The molecule has 0 bridgehead atoms. The number of aliphatic hydroxyl groups excluding tert-OH is 1. The van der Waals surface area contributed by atoms with Crippen LogP contribution in [0, 0.1) is 5.82 Å². The average Bonchev–Trinajstić information content (AvgIpc) is 3.13. The van der Waals surface area contributed by atoms with E-state index in [-0.39, 0.29) is 29.5 Å². The van der Waals surface area contributed by atoms with Crippen molar-refractivity contribution in [1.29, 1.82) is 0 Å². The van der Waals surface area contributed by atoms with Gasteiger partial charge in [0, 0.05) is 6.54 Å². The summed E-state index contributed by atoms with van der Waals surface area (Å²) in [6, 6.07) is 16.8. The van der Waals surface area contributed by atoms with Gasteiger partial charge in [-0.15, -0.1) is 0 Å². The number of nitrogens with zero attached hydrogens (tertiary/aromatic N) is 1. The van der Waals surface area contributed by atoms with Crippen LogP contribution in [0.15, 0.2) is 72.3 Å². The Labute approximate surface area is 214 Å². The van der Waals surface area contributed by atoms with Crippen LogP contribution >= 0.6 is 0 Å². The van der Waals surface area contributed by atoms with Crippen molar-refractivity contribution in [3.05, 3.63) is 94.8 Å². The molecular formula is C29H28FNO6. The largest absolute Gasteiger partial charge is 0.507 e. The predicted molar refractivity (Wildman–Crippen MR) is 136 cm³/mol. The second-order valence-electron chi connectivity index (χ2n) is 8.86. The highest BCUT2D eigenvalue weighted by Crippen LogP contribution is 2.42. The van der Waals surface area contributed by atoms with Gasteiger partial charge in [-0.3, -0.25) is 9.59 Å². The maximum absolute atomic E-state index is 14.1. The number of ketones is 1. The number of amides is 1. The maximum atomic E-state index is 14.1. The average molecular weight is 506 g/mol. The number of halogens is 1. The Kier molecular flexibility index (Phi) is 7.47. The minimum atomic E-state index is -0.938. The first-order valence-corrected chi connectivity index (χ1v) is 11.7. The quantitative estimate of drug-likeness (QED) is 0.256. The van der Waals surface area contributed by atoms with Crippen LogP contribution in [0.2, 0.25) is 0 Å². The molecule has 7 nitrogen and oxygen atoms in total. The molecular weight excluding hydrogens is 477 g/mol. The molecule has 1 aliphatic rings. The number of hydrogen-bond donors (Lipinski definition) is 1. The number of aliphatic hydroxyl groups is 1. The van der Waals surface area contributed by atoms with Crippen molar-refractivity contribution in [3.8, 4) is 17.2 Å². The number of hydrogen-bond acceptors (Lipinski definition) is 6. The van der Waals surface area contributed by atoms with E-state index in [1.54, 1.807) is 49.6 Å². The zero-order valence-electron chi connectivity index (χ0n) is 21.0. The molecule has 8 heteroatoms. The zero-order valence-corrected chi connectivity index (χ0v) is 21.0. The van der Waals surface area contributed by atoms with E-state index in [1.807, 2.05) is 19.9 Å². The molecule has 0 aromatic heterocycles. The van der Waals surface area contributed by atoms with Crippen molar-refractivity contribution in [1.82, 2.24) is 4.90 Å². The molecule has 3 aromatic rings. The number of likely N-dealkylation sites (tertiary alicyclic amines) is 1. The van der Waals surface area contributed by atoms with Crippen LogP contribution in [0.25, 0.3) is 5.76 Å². The summed E-state index contributed by atoms with van der Waals surface area (Å²) in [4.78, 5) is 28.0. The topological polar surface area (TPSA) is 85.3 Å². The summed E-state index contributed by atoms with van der Waals surface area (Å²) in [7, 11) is 2.91. The van der Waals surface area contributed by atoms with Crippen molar-refractivity contribution in [2.45, 2.75) is 32.5 Å². The number of ether oxygens (including phenoxy) is 3. The molecule has 1 saturated heterocycles. The summed E-state index contributed by atoms with van der Waals surface area (Å²) in [6.07, 6.45) is -0.0370. The Morgan fingerprint density at radius 2 is 1.70 bits per heavy atom. The predicted octanol–water partition coefficient (Wildman–Crippen LogP) is 5.25. The number of benzene rings is 3. The lowest BCUT2D eigenvalue weighted by Crippen LogP contribution is -2.29. The third kappa shape index (κ3) is 5.28. The molecule has 3 aromatic carbocycles. The minimum Gasteiger partial charge on any atom is -0.507 e. The molecule has 1 N–H and O–H groups in total. The second kappa shape index (κ2) is 10.7. The van der Waals surface area contributed by atoms with Crippen LogP contribution in [-0.4, -0.2) is 42.0 Å². The number of carbonyl (C=O) groups is 2. The van der Waals surface area contributed by atoms with E-state index in [9.17, 15) is 19.1 Å². The highest BCUT2D eigenvalue weighted by Gasteiger charge is 2.46. The number of rotatable bonds is 8. The molecule has 4 rings (SSSR count). The summed E-state index contributed by atoms with van der Waals surface area (Å²) in [5.41, 5.74) is 1.13. The molecule has 37 heavy (non-hydrogen) atoms. The van der Waals surface area contributed by atoms with E-state index < -0.39 is 29.3 Å². The smallest absolute Gasteiger partial charge is 0.295 e. The van der Waals surface area contributed by atoms with E-state index in [2.05, 4.69) is 0 Å². The van der Waals surface area contributed by atoms with Gasteiger partial charge in [0.1, 0.15) is 28.8 Å². The van der Waals surface area contributed by atoms with Gasteiger partial charge < -0.3 is 24.2 Å². The van der Waals surface area contributed by atoms with Crippen molar-refractivity contribution in [3.63, 3.8) is 0 Å². The SMILES string of the molecule is COc1cccc(CN2C(=O)C(=O)/C(=C(/O)c3cc(F)ccc3OC)C2c2ccc(OC(C)C)cc2)c1. The van der Waals surface area contributed by atoms with E-state index in [4.69, 9.17) is 14.2 Å². The van der Waals surface area contributed by atoms with Gasteiger partial charge in [0.05, 0.1) is 37.5 Å². The second-order valence-corrected chi connectivity index (χ2v) is 8.86. The van der Waals surface area contributed by atoms with Crippen molar-refractivity contribution < 1.29 is 33.3 Å². The van der Waals surface area contributed by atoms with E-state index in [0.29, 0.717) is 17.1 Å². The fourth-order valence-corrected chi connectivity index (χ4v) is 4.37. The highest BCUT2D eigenvalue weighted by molar-refractivity contribution is 6.46. The fourth-order valence-electron chi connectivity index (χ4n) is 4.37. The van der Waals surface area contributed by atoms with E-state index >= 15 is 0 Å². The first-order valence-electron chi connectivity index (χ1n) is 11.7. The van der Waals surface area contributed by atoms with Gasteiger partial charge in [-0.1, -0.05) is 24.3 Å². The molecule has 0 aliphatic carbocycles. The van der Waals surface area contributed by atoms with Crippen LogP contribution in [-0.2, 0) is 16.1 Å². The molecule has 1 aliphatic heterocycles. The lowest BCUT2D eigenvalue weighted by Gasteiger charge is -2.26. The fraction of sp³-hybridized carbons (Fsp3) is 0.241. The van der Waals surface area contributed by atoms with Crippen LogP contribution < -0.4 is 14.2 Å². The van der Waals surface area contributed by atoms with E-state index in [1.165, 1.54) is 24.1 Å². The van der Waals surface area contributed by atoms with Gasteiger partial charge in [0.15, 0.2) is 0 Å². The molecule has 192 valence electrons. The Morgan fingerprint density at radius 1 is 0.973 bits per heavy atom. The first kappa shape index (κ1) is 25.8. The minimum absolute atomic E-state index is 0.0216. The van der Waals surface area contributed by atoms with Crippen LogP contribution in [0.3, 0.4) is 0 Å². The molecule has 1 atom stereocenters. The van der Waals surface area contributed by atoms with Gasteiger partial charge >= 0.3 is 0 Å². The van der Waals surface area contributed by atoms with Crippen LogP contribution in [0.4, 0.5) is 4.39 Å². The van der Waals surface area contributed by atoms with Gasteiger partial charge in [-0.05, 0) is 67.4 Å². The van der Waals surface area contributed by atoms with Gasteiger partial charge in [-0.2, -0.15) is 0 Å². The summed E-state index contributed by atoms with van der Waals surface area (Å²) >= 11 is 0. The molecule has 0 saturated carbocycles. The Hall–Kier alpha value is -4.33. The monoisotopic (exact) mass is 505 g/mol. The van der Waals surface area contributed by atoms with Gasteiger partial charge in [-0.25, -0.2) is 4.39 Å². The Balaban J connectivity index is 1.86. The molecule has 1 amide bonds. The van der Waals surface area contributed by atoms with Gasteiger partial charge in [0.2, 0.25) is 0 Å². The lowest BCUT2D eigenvalue weighted by molar-refractivity contribution is -0.140. The zero-order chi connectivity index (χ0) is 26.7. The van der Waals surface area contributed by atoms with Gasteiger partial charge in [0.25, 0.3) is 11.7 Å². The van der Waals surface area contributed by atoms with Crippen molar-refractivity contribution >= 4 is 17.4 Å². The molecule has 0 radical (unpaired) electrons. The third-order valence-corrected chi connectivity index (χ3v) is 6.01. The van der Waals surface area contributed by atoms with Crippen LogP contribution in [0.5, 0.6) is 17.2 Å². The highest BCUT2D eigenvalue weighted by atomic mass is 19.1. The van der Waals surface area contributed by atoms with Crippen molar-refractivity contribution in [2.24, 2.45) is 0 Å². The van der Waals surface area contributed by atoms with Crippen LogP contribution in [0.1, 0.15) is 36.6 Å². The summed E-state index contributed by atoms with van der Waals surface area (Å²) in [6.45, 7) is 3.89. The standard InChI is InChI=1S/C29H28FNO6/c1-17(2)37-21-11-8-19(9-12-21)26-25(27(32)23-15-20(30)10-13-24(23)36-4)28(33)29(34)31(26)16-18-6-5-7-22(14-18)35-3/h5-15,17,26,32H,16H2,1-4H3/b27-25+. The first-order chi connectivity index (χ1) is 17.7. The Morgan fingerprint density at radius 3 is 2.35 bits per heavy atom.